The number of hydrogen-bond acceptors (Lipinski definition) is 2. The molecule has 0 unspecified atom stereocenters. The first kappa shape index (κ1) is 14.9. The van der Waals surface area contributed by atoms with Gasteiger partial charge in [0.25, 0.3) is 0 Å². The minimum atomic E-state index is 0.0211. The van der Waals surface area contributed by atoms with Gasteiger partial charge >= 0.3 is 0 Å². The Labute approximate surface area is 128 Å². The molecule has 20 heavy (non-hydrogen) atoms. The Kier molecular flexibility index (Phi) is 5.96. The molecule has 2 aromatic carbocycles. The van der Waals surface area contributed by atoms with Crippen LogP contribution in [0.4, 0.5) is 5.69 Å². The van der Waals surface area contributed by atoms with Gasteiger partial charge in [-0.25, -0.2) is 0 Å². The van der Waals surface area contributed by atoms with Crippen molar-refractivity contribution in [3.8, 4) is 0 Å². The number of hydrogen-bond donors (Lipinski definition) is 1. The van der Waals surface area contributed by atoms with E-state index in [4.69, 9.17) is 11.6 Å². The van der Waals surface area contributed by atoms with E-state index in [-0.39, 0.29) is 5.91 Å². The van der Waals surface area contributed by atoms with Crippen molar-refractivity contribution in [3.05, 3.63) is 65.2 Å². The molecule has 0 bridgehead atoms. The highest BCUT2D eigenvalue weighted by atomic mass is 35.5. The topological polar surface area (TPSA) is 29.1 Å². The number of rotatable bonds is 6. The fraction of sp³-hybridized carbons (Fsp3) is 0.188. The van der Waals surface area contributed by atoms with Crippen LogP contribution in [0.3, 0.4) is 0 Å². The van der Waals surface area contributed by atoms with E-state index in [0.29, 0.717) is 11.4 Å². The van der Waals surface area contributed by atoms with Crippen LogP contribution < -0.4 is 5.32 Å². The fourth-order valence-electron chi connectivity index (χ4n) is 1.72. The molecular formula is C16H16ClNOS. The molecule has 0 aliphatic carbocycles. The summed E-state index contributed by atoms with van der Waals surface area (Å²) in [7, 11) is 0. The molecule has 2 nitrogen and oxygen atoms in total. The molecule has 0 heterocycles. The monoisotopic (exact) mass is 305 g/mol. The molecule has 104 valence electrons. The highest BCUT2D eigenvalue weighted by Crippen LogP contribution is 2.16. The van der Waals surface area contributed by atoms with Crippen molar-refractivity contribution in [1.29, 1.82) is 0 Å². The van der Waals surface area contributed by atoms with Crippen LogP contribution in [0.5, 0.6) is 0 Å². The third kappa shape index (κ3) is 5.27. The summed E-state index contributed by atoms with van der Waals surface area (Å²) in [6.45, 7) is 0. The Morgan fingerprint density at radius 2 is 1.90 bits per heavy atom. The highest BCUT2D eigenvalue weighted by molar-refractivity contribution is 7.98. The lowest BCUT2D eigenvalue weighted by Gasteiger charge is -2.05. The molecule has 0 saturated carbocycles. The molecule has 1 amide bonds. The van der Waals surface area contributed by atoms with Crippen LogP contribution in [0.15, 0.2) is 54.6 Å². The summed E-state index contributed by atoms with van der Waals surface area (Å²) < 4.78 is 0. The number of thioether (sulfide) groups is 1. The summed E-state index contributed by atoms with van der Waals surface area (Å²) in [6, 6.07) is 17.4. The summed E-state index contributed by atoms with van der Waals surface area (Å²) in [5, 5.41) is 3.47. The molecule has 0 aromatic heterocycles. The maximum Gasteiger partial charge on any atom is 0.225 e. The third-order valence-electron chi connectivity index (χ3n) is 2.69. The normalized spacial score (nSPS) is 10.2. The number of carbonyl (C=O) groups excluding carboxylic acids is 1. The Balaban J connectivity index is 1.68. The molecule has 0 aliphatic heterocycles. The van der Waals surface area contributed by atoms with E-state index >= 15 is 0 Å². The smallest absolute Gasteiger partial charge is 0.225 e. The summed E-state index contributed by atoms with van der Waals surface area (Å²) in [6.07, 6.45) is 0.504. The van der Waals surface area contributed by atoms with Crippen LogP contribution in [0.2, 0.25) is 5.02 Å². The Hall–Kier alpha value is -1.45. The van der Waals surface area contributed by atoms with Gasteiger partial charge in [-0.1, -0.05) is 48.0 Å². The molecule has 0 fully saturated rings. The Bertz CT molecular complexity index is 559. The number of carbonyl (C=O) groups is 1. The van der Waals surface area contributed by atoms with Crippen molar-refractivity contribution in [2.75, 3.05) is 11.1 Å². The number of benzene rings is 2. The standard InChI is InChI=1S/C16H16ClNOS/c17-14-7-4-8-15(11-14)18-16(19)9-10-20-12-13-5-2-1-3-6-13/h1-8,11H,9-10,12H2,(H,18,19). The lowest BCUT2D eigenvalue weighted by molar-refractivity contribution is -0.115. The molecule has 1 N–H and O–H groups in total. The highest BCUT2D eigenvalue weighted by Gasteiger charge is 2.03. The lowest BCUT2D eigenvalue weighted by atomic mass is 10.2. The predicted molar refractivity (Wildman–Crippen MR) is 87.3 cm³/mol. The van der Waals surface area contributed by atoms with Crippen molar-refractivity contribution in [1.82, 2.24) is 0 Å². The van der Waals surface area contributed by atoms with Crippen LogP contribution in [0.1, 0.15) is 12.0 Å². The molecule has 2 aromatic rings. The van der Waals surface area contributed by atoms with Crippen molar-refractivity contribution in [2.45, 2.75) is 12.2 Å². The summed E-state index contributed by atoms with van der Waals surface area (Å²) in [4.78, 5) is 11.8. The number of amides is 1. The number of halogens is 1. The first-order valence-electron chi connectivity index (χ1n) is 6.41. The average Bonchev–Trinajstić information content (AvgIpc) is 2.45. The number of nitrogens with one attached hydrogen (secondary N) is 1. The molecular weight excluding hydrogens is 290 g/mol. The van der Waals surface area contributed by atoms with E-state index in [9.17, 15) is 4.79 Å². The third-order valence-corrected chi connectivity index (χ3v) is 3.96. The van der Waals surface area contributed by atoms with Gasteiger partial charge in [0.15, 0.2) is 0 Å². The first-order valence-corrected chi connectivity index (χ1v) is 7.94. The SMILES string of the molecule is O=C(CCSCc1ccccc1)Nc1cccc(Cl)c1. The van der Waals surface area contributed by atoms with Crippen LogP contribution in [-0.2, 0) is 10.5 Å². The molecule has 0 atom stereocenters. The van der Waals surface area contributed by atoms with Gasteiger partial charge in [0.2, 0.25) is 5.91 Å². The average molecular weight is 306 g/mol. The number of anilines is 1. The summed E-state index contributed by atoms with van der Waals surface area (Å²) >= 11 is 7.63. The van der Waals surface area contributed by atoms with E-state index in [1.54, 1.807) is 23.9 Å². The van der Waals surface area contributed by atoms with Gasteiger partial charge in [-0.15, -0.1) is 0 Å². The van der Waals surface area contributed by atoms with Gasteiger partial charge in [0, 0.05) is 28.6 Å². The van der Waals surface area contributed by atoms with Gasteiger partial charge in [-0.3, -0.25) is 4.79 Å². The van der Waals surface area contributed by atoms with Crippen LogP contribution in [0, 0.1) is 0 Å². The maximum absolute atomic E-state index is 11.8. The minimum absolute atomic E-state index is 0.0211. The predicted octanol–water partition coefficient (Wildman–Crippen LogP) is 4.60. The van der Waals surface area contributed by atoms with Gasteiger partial charge in [0.05, 0.1) is 0 Å². The van der Waals surface area contributed by atoms with Crippen molar-refractivity contribution < 1.29 is 4.79 Å². The summed E-state index contributed by atoms with van der Waals surface area (Å²) in [5.74, 6) is 1.76. The van der Waals surface area contributed by atoms with Crippen LogP contribution in [0.25, 0.3) is 0 Å². The Morgan fingerprint density at radius 3 is 2.65 bits per heavy atom. The molecule has 0 spiro atoms. The van der Waals surface area contributed by atoms with Crippen molar-refractivity contribution in [2.24, 2.45) is 0 Å². The zero-order valence-electron chi connectivity index (χ0n) is 11.0. The van der Waals surface area contributed by atoms with Gasteiger partial charge in [0.1, 0.15) is 0 Å². The zero-order chi connectivity index (χ0) is 14.2. The molecule has 0 saturated heterocycles. The molecule has 4 heteroatoms. The van der Waals surface area contributed by atoms with Crippen molar-refractivity contribution >= 4 is 35.0 Å². The van der Waals surface area contributed by atoms with Gasteiger partial charge < -0.3 is 5.32 Å². The van der Waals surface area contributed by atoms with E-state index in [2.05, 4.69) is 17.4 Å². The molecule has 0 aliphatic rings. The lowest BCUT2D eigenvalue weighted by Crippen LogP contribution is -2.12. The van der Waals surface area contributed by atoms with E-state index < -0.39 is 0 Å². The first-order chi connectivity index (χ1) is 9.74. The Morgan fingerprint density at radius 1 is 1.10 bits per heavy atom. The maximum atomic E-state index is 11.8. The van der Waals surface area contributed by atoms with E-state index in [1.807, 2.05) is 30.3 Å². The largest absolute Gasteiger partial charge is 0.326 e. The second-order valence-electron chi connectivity index (χ2n) is 4.35. The summed E-state index contributed by atoms with van der Waals surface area (Å²) in [5.41, 5.74) is 2.03. The fourth-order valence-corrected chi connectivity index (χ4v) is 2.81. The quantitative estimate of drug-likeness (QED) is 0.790. The van der Waals surface area contributed by atoms with Crippen molar-refractivity contribution in [3.63, 3.8) is 0 Å². The van der Waals surface area contributed by atoms with E-state index in [1.165, 1.54) is 5.56 Å². The molecule has 0 radical (unpaired) electrons. The zero-order valence-corrected chi connectivity index (χ0v) is 12.6. The van der Waals surface area contributed by atoms with Gasteiger partial charge in [-0.05, 0) is 23.8 Å². The minimum Gasteiger partial charge on any atom is -0.326 e. The second-order valence-corrected chi connectivity index (χ2v) is 5.89. The molecule has 2 rings (SSSR count). The van der Waals surface area contributed by atoms with Gasteiger partial charge in [-0.2, -0.15) is 11.8 Å². The van der Waals surface area contributed by atoms with Crippen LogP contribution >= 0.6 is 23.4 Å². The van der Waals surface area contributed by atoms with Crippen LogP contribution in [-0.4, -0.2) is 11.7 Å². The van der Waals surface area contributed by atoms with E-state index in [0.717, 1.165) is 17.2 Å². The second kappa shape index (κ2) is 7.98.